The monoisotopic (exact) mass is 380 g/mol. The Morgan fingerprint density at radius 2 is 1.75 bits per heavy atom. The van der Waals surface area contributed by atoms with E-state index in [4.69, 9.17) is 23.2 Å². The van der Waals surface area contributed by atoms with Crippen molar-refractivity contribution in [3.8, 4) is 0 Å². The van der Waals surface area contributed by atoms with Gasteiger partial charge in [0.15, 0.2) is 0 Å². The van der Waals surface area contributed by atoms with Gasteiger partial charge in [-0.15, -0.1) is 0 Å². The molecule has 128 valence electrons. The van der Waals surface area contributed by atoms with Crippen LogP contribution in [0.5, 0.6) is 0 Å². The highest BCUT2D eigenvalue weighted by molar-refractivity contribution is 6.33. The van der Waals surface area contributed by atoms with Crippen LogP contribution >= 0.6 is 23.2 Å². The smallest absolute Gasteiger partial charge is 0.334 e. The number of carbonyl (C=O) groups excluding carboxylic acids is 1. The molecule has 0 saturated carbocycles. The highest BCUT2D eigenvalue weighted by Gasteiger charge is 2.31. The molecule has 0 heterocycles. The largest absolute Gasteiger partial charge is 0.416 e. The Bertz CT molecular complexity index is 766. The van der Waals surface area contributed by atoms with Gasteiger partial charge in [-0.25, -0.2) is 9.18 Å². The number of nitrogens with one attached hydrogen (secondary N) is 2. The van der Waals surface area contributed by atoms with Crippen LogP contribution in [0.2, 0.25) is 10.0 Å². The van der Waals surface area contributed by atoms with E-state index in [9.17, 15) is 22.4 Å². The van der Waals surface area contributed by atoms with E-state index >= 15 is 0 Å². The summed E-state index contributed by atoms with van der Waals surface area (Å²) in [5.41, 5.74) is -0.597. The number of alkyl halides is 3. The molecule has 0 radical (unpaired) electrons. The molecule has 0 aromatic heterocycles. The first-order valence-corrected chi connectivity index (χ1v) is 7.28. The summed E-state index contributed by atoms with van der Waals surface area (Å²) in [7, 11) is 0. The minimum Gasteiger partial charge on any atom is -0.334 e. The van der Waals surface area contributed by atoms with Gasteiger partial charge >= 0.3 is 12.2 Å². The lowest BCUT2D eigenvalue weighted by molar-refractivity contribution is -0.137. The predicted molar refractivity (Wildman–Crippen MR) is 83.7 cm³/mol. The first-order chi connectivity index (χ1) is 11.2. The summed E-state index contributed by atoms with van der Waals surface area (Å²) in [5, 5.41) is 4.50. The van der Waals surface area contributed by atoms with Crippen LogP contribution in [-0.2, 0) is 12.7 Å². The molecule has 2 rings (SSSR count). The number of hydrogen-bond donors (Lipinski definition) is 2. The van der Waals surface area contributed by atoms with Crippen molar-refractivity contribution >= 4 is 34.9 Å². The first kappa shape index (κ1) is 18.4. The Kier molecular flexibility index (Phi) is 5.56. The maximum Gasteiger partial charge on any atom is 0.416 e. The van der Waals surface area contributed by atoms with E-state index in [0.717, 1.165) is 24.3 Å². The zero-order valence-electron chi connectivity index (χ0n) is 11.8. The maximum absolute atomic E-state index is 13.0. The third-order valence-corrected chi connectivity index (χ3v) is 3.60. The first-order valence-electron chi connectivity index (χ1n) is 6.52. The van der Waals surface area contributed by atoms with Gasteiger partial charge in [-0.3, -0.25) is 0 Å². The van der Waals surface area contributed by atoms with Crippen molar-refractivity contribution in [3.63, 3.8) is 0 Å². The van der Waals surface area contributed by atoms with E-state index in [2.05, 4.69) is 10.6 Å². The molecule has 0 unspecified atom stereocenters. The highest BCUT2D eigenvalue weighted by atomic mass is 35.5. The van der Waals surface area contributed by atoms with Crippen molar-refractivity contribution in [2.45, 2.75) is 12.7 Å². The van der Waals surface area contributed by atoms with Gasteiger partial charge in [-0.05, 0) is 35.9 Å². The second-order valence-electron chi connectivity index (χ2n) is 4.75. The molecule has 2 aromatic rings. The number of halogens is 6. The number of hydrogen-bond acceptors (Lipinski definition) is 1. The molecule has 0 bridgehead atoms. The fourth-order valence-corrected chi connectivity index (χ4v) is 2.16. The molecule has 2 aromatic carbocycles. The van der Waals surface area contributed by atoms with Crippen LogP contribution in [0, 0.1) is 5.82 Å². The van der Waals surface area contributed by atoms with E-state index in [0.29, 0.717) is 5.56 Å². The van der Waals surface area contributed by atoms with Gasteiger partial charge in [-0.1, -0.05) is 29.3 Å². The summed E-state index contributed by atoms with van der Waals surface area (Å²) in [5.74, 6) is -0.597. The van der Waals surface area contributed by atoms with Crippen molar-refractivity contribution in [3.05, 3.63) is 63.4 Å². The number of rotatable bonds is 3. The molecule has 0 fully saturated rings. The Morgan fingerprint density at radius 3 is 2.38 bits per heavy atom. The lowest BCUT2D eigenvalue weighted by Gasteiger charge is -2.12. The molecule has 9 heteroatoms. The molecule has 0 aliphatic carbocycles. The zero-order valence-corrected chi connectivity index (χ0v) is 13.4. The molecule has 2 amide bonds. The normalized spacial score (nSPS) is 11.2. The van der Waals surface area contributed by atoms with Crippen LogP contribution < -0.4 is 10.6 Å². The molecule has 0 spiro atoms. The summed E-state index contributed by atoms with van der Waals surface area (Å²) in [6, 6.07) is 5.70. The molecular weight excluding hydrogens is 371 g/mol. The van der Waals surface area contributed by atoms with Crippen molar-refractivity contribution in [1.29, 1.82) is 0 Å². The summed E-state index contributed by atoms with van der Waals surface area (Å²) in [4.78, 5) is 11.8. The van der Waals surface area contributed by atoms with Gasteiger partial charge in [0.1, 0.15) is 5.82 Å². The molecular formula is C15H10Cl2F4N2O. The van der Waals surface area contributed by atoms with Gasteiger partial charge in [0.2, 0.25) is 0 Å². The summed E-state index contributed by atoms with van der Waals surface area (Å²) in [6.45, 7) is 0.00239. The Labute approximate surface area is 144 Å². The van der Waals surface area contributed by atoms with Crippen molar-refractivity contribution in [1.82, 2.24) is 5.32 Å². The number of anilines is 1. The quantitative estimate of drug-likeness (QED) is 0.680. The van der Waals surface area contributed by atoms with E-state index in [1.54, 1.807) is 0 Å². The molecule has 0 aliphatic rings. The molecule has 0 atom stereocenters. The second kappa shape index (κ2) is 7.27. The van der Waals surface area contributed by atoms with Gasteiger partial charge < -0.3 is 10.6 Å². The van der Waals surface area contributed by atoms with Crippen LogP contribution in [0.1, 0.15) is 11.1 Å². The van der Waals surface area contributed by atoms with Gasteiger partial charge in [0, 0.05) is 6.54 Å². The van der Waals surface area contributed by atoms with Crippen LogP contribution in [0.4, 0.5) is 28.0 Å². The van der Waals surface area contributed by atoms with Crippen molar-refractivity contribution in [2.24, 2.45) is 0 Å². The Hall–Kier alpha value is -1.99. The molecule has 24 heavy (non-hydrogen) atoms. The van der Waals surface area contributed by atoms with Gasteiger partial charge in [0.25, 0.3) is 0 Å². The minimum atomic E-state index is -4.55. The second-order valence-corrected chi connectivity index (χ2v) is 5.56. The average molecular weight is 381 g/mol. The predicted octanol–water partition coefficient (Wildman–Crippen LogP) is 5.47. The number of benzene rings is 2. The molecule has 0 aliphatic heterocycles. The summed E-state index contributed by atoms with van der Waals surface area (Å²) >= 11 is 11.4. The van der Waals surface area contributed by atoms with Crippen LogP contribution in [0.25, 0.3) is 0 Å². The van der Waals surface area contributed by atoms with E-state index in [-0.39, 0.29) is 22.3 Å². The summed E-state index contributed by atoms with van der Waals surface area (Å²) < 4.78 is 51.0. The topological polar surface area (TPSA) is 41.1 Å². The van der Waals surface area contributed by atoms with Crippen LogP contribution in [0.15, 0.2) is 36.4 Å². The summed E-state index contributed by atoms with van der Waals surface area (Å²) in [6.07, 6.45) is -4.55. The number of urea groups is 1. The van der Waals surface area contributed by atoms with Crippen LogP contribution in [0.3, 0.4) is 0 Å². The highest BCUT2D eigenvalue weighted by Crippen LogP contribution is 2.33. The third-order valence-electron chi connectivity index (χ3n) is 2.98. The average Bonchev–Trinajstić information content (AvgIpc) is 2.49. The molecule has 3 nitrogen and oxygen atoms in total. The van der Waals surface area contributed by atoms with Gasteiger partial charge in [0.05, 0.1) is 21.3 Å². The standard InChI is InChI=1S/C15H10Cl2F4N2O/c16-10-3-2-9(15(19,20)21)6-13(10)23-14(24)22-7-8-1-4-12(18)11(17)5-8/h1-6H,7H2,(H2,22,23,24). The minimum absolute atomic E-state index is 0.00239. The number of amides is 2. The maximum atomic E-state index is 13.0. The van der Waals surface area contributed by atoms with E-state index in [1.807, 2.05) is 0 Å². The fourth-order valence-electron chi connectivity index (χ4n) is 1.80. The lowest BCUT2D eigenvalue weighted by atomic mass is 10.2. The van der Waals surface area contributed by atoms with Crippen molar-refractivity contribution in [2.75, 3.05) is 5.32 Å². The zero-order chi connectivity index (χ0) is 17.9. The van der Waals surface area contributed by atoms with Crippen molar-refractivity contribution < 1.29 is 22.4 Å². The molecule has 0 saturated heterocycles. The Balaban J connectivity index is 2.03. The molecule has 2 N–H and O–H groups in total. The lowest BCUT2D eigenvalue weighted by Crippen LogP contribution is -2.28. The third kappa shape index (κ3) is 4.75. The van der Waals surface area contributed by atoms with E-state index < -0.39 is 23.6 Å². The SMILES string of the molecule is O=C(NCc1ccc(F)c(Cl)c1)Nc1cc(C(F)(F)F)ccc1Cl. The number of carbonyl (C=O) groups is 1. The van der Waals surface area contributed by atoms with E-state index in [1.165, 1.54) is 12.1 Å². The Morgan fingerprint density at radius 1 is 1.04 bits per heavy atom. The van der Waals surface area contributed by atoms with Gasteiger partial charge in [-0.2, -0.15) is 13.2 Å². The fraction of sp³-hybridized carbons (Fsp3) is 0.133. The van der Waals surface area contributed by atoms with Crippen LogP contribution in [-0.4, -0.2) is 6.03 Å².